The van der Waals surface area contributed by atoms with Gasteiger partial charge in [0.15, 0.2) is 0 Å². The third-order valence-corrected chi connectivity index (χ3v) is 6.17. The number of likely N-dealkylation sites (tertiary alicyclic amines) is 1. The third-order valence-electron chi connectivity index (χ3n) is 6.17. The minimum absolute atomic E-state index is 0.0399. The zero-order chi connectivity index (χ0) is 17.6. The summed E-state index contributed by atoms with van der Waals surface area (Å²) in [6.07, 6.45) is 2.28. The van der Waals surface area contributed by atoms with Crippen LogP contribution in [0.15, 0.2) is 24.3 Å². The van der Waals surface area contributed by atoms with Crippen LogP contribution in [0.1, 0.15) is 44.2 Å². The van der Waals surface area contributed by atoms with Gasteiger partial charge < -0.3 is 15.3 Å². The van der Waals surface area contributed by atoms with Crippen LogP contribution < -0.4 is 5.32 Å². The van der Waals surface area contributed by atoms with Crippen LogP contribution in [0.3, 0.4) is 0 Å². The number of nitrogens with zero attached hydrogens (tertiary/aromatic N) is 1. The molecule has 24 heavy (non-hydrogen) atoms. The summed E-state index contributed by atoms with van der Waals surface area (Å²) in [7, 11) is 2.07. The Kier molecular flexibility index (Phi) is 4.25. The summed E-state index contributed by atoms with van der Waals surface area (Å²) in [6.45, 7) is 8.46. The van der Waals surface area contributed by atoms with Gasteiger partial charge in [-0.05, 0) is 44.2 Å². The van der Waals surface area contributed by atoms with Gasteiger partial charge in [0.1, 0.15) is 0 Å². The van der Waals surface area contributed by atoms with Gasteiger partial charge in [-0.2, -0.15) is 0 Å². The first-order valence-electron chi connectivity index (χ1n) is 8.95. The van der Waals surface area contributed by atoms with Crippen molar-refractivity contribution in [2.45, 2.75) is 51.0 Å². The standard InChI is InChI=1S/C20H30N2O2/c1-15-5-7-16(8-6-15)20(13-18(20,2)3)17(23)21-14-19(24)9-11-22(4)12-10-19/h5-8,24H,9-14H2,1-4H3,(H,21,23)/t20-/m0/s1. The van der Waals surface area contributed by atoms with E-state index in [0.717, 1.165) is 25.1 Å². The van der Waals surface area contributed by atoms with E-state index in [9.17, 15) is 9.90 Å². The molecule has 1 aromatic rings. The fraction of sp³-hybridized carbons (Fsp3) is 0.650. The van der Waals surface area contributed by atoms with E-state index in [1.807, 2.05) is 0 Å². The number of aryl methyl sites for hydroxylation is 1. The fourth-order valence-electron chi connectivity index (χ4n) is 4.08. The molecule has 0 bridgehead atoms. The molecule has 1 saturated heterocycles. The molecular weight excluding hydrogens is 300 g/mol. The Morgan fingerprint density at radius 3 is 2.25 bits per heavy atom. The number of aliphatic hydroxyl groups is 1. The lowest BCUT2D eigenvalue weighted by molar-refractivity contribution is -0.126. The molecule has 0 radical (unpaired) electrons. The third kappa shape index (κ3) is 2.98. The van der Waals surface area contributed by atoms with Crippen molar-refractivity contribution in [2.24, 2.45) is 5.41 Å². The molecule has 2 fully saturated rings. The predicted octanol–water partition coefficient (Wildman–Crippen LogP) is 2.24. The Bertz CT molecular complexity index is 615. The molecular formula is C20H30N2O2. The van der Waals surface area contributed by atoms with Crippen LogP contribution in [0.4, 0.5) is 0 Å². The van der Waals surface area contributed by atoms with Crippen LogP contribution in [-0.2, 0) is 10.2 Å². The van der Waals surface area contributed by atoms with Crippen molar-refractivity contribution < 1.29 is 9.90 Å². The largest absolute Gasteiger partial charge is 0.388 e. The highest BCUT2D eigenvalue weighted by Crippen LogP contribution is 2.64. The maximum Gasteiger partial charge on any atom is 0.231 e. The maximum atomic E-state index is 13.0. The maximum absolute atomic E-state index is 13.0. The van der Waals surface area contributed by atoms with Crippen molar-refractivity contribution in [3.63, 3.8) is 0 Å². The highest BCUT2D eigenvalue weighted by Gasteiger charge is 2.67. The Hall–Kier alpha value is -1.39. The smallest absolute Gasteiger partial charge is 0.231 e. The van der Waals surface area contributed by atoms with E-state index in [2.05, 4.69) is 62.3 Å². The first-order valence-corrected chi connectivity index (χ1v) is 8.95. The van der Waals surface area contributed by atoms with Gasteiger partial charge in [-0.15, -0.1) is 0 Å². The first-order chi connectivity index (χ1) is 11.2. The van der Waals surface area contributed by atoms with Gasteiger partial charge in [-0.25, -0.2) is 0 Å². The van der Waals surface area contributed by atoms with Crippen molar-refractivity contribution in [1.82, 2.24) is 10.2 Å². The molecule has 132 valence electrons. The molecule has 1 aliphatic heterocycles. The number of amides is 1. The lowest BCUT2D eigenvalue weighted by Crippen LogP contribution is -2.51. The second kappa shape index (κ2) is 5.85. The van der Waals surface area contributed by atoms with Gasteiger partial charge in [0.2, 0.25) is 5.91 Å². The van der Waals surface area contributed by atoms with Crippen LogP contribution in [0.5, 0.6) is 0 Å². The summed E-state index contributed by atoms with van der Waals surface area (Å²) in [5.74, 6) is 0.0590. The number of hydrogen-bond acceptors (Lipinski definition) is 3. The number of hydrogen-bond donors (Lipinski definition) is 2. The summed E-state index contributed by atoms with van der Waals surface area (Å²) >= 11 is 0. The quantitative estimate of drug-likeness (QED) is 0.890. The Morgan fingerprint density at radius 1 is 1.21 bits per heavy atom. The molecule has 2 N–H and O–H groups in total. The van der Waals surface area contributed by atoms with Gasteiger partial charge >= 0.3 is 0 Å². The highest BCUT2D eigenvalue weighted by atomic mass is 16.3. The van der Waals surface area contributed by atoms with E-state index >= 15 is 0 Å². The highest BCUT2D eigenvalue weighted by molar-refractivity contribution is 5.93. The van der Waals surface area contributed by atoms with Crippen molar-refractivity contribution >= 4 is 5.91 Å². The average molecular weight is 330 g/mol. The minimum atomic E-state index is -0.768. The van der Waals surface area contributed by atoms with E-state index < -0.39 is 11.0 Å². The summed E-state index contributed by atoms with van der Waals surface area (Å²) < 4.78 is 0. The van der Waals surface area contributed by atoms with E-state index in [1.165, 1.54) is 5.56 Å². The van der Waals surface area contributed by atoms with Crippen molar-refractivity contribution in [3.05, 3.63) is 35.4 Å². The van der Waals surface area contributed by atoms with Crippen molar-refractivity contribution in [3.8, 4) is 0 Å². The topological polar surface area (TPSA) is 52.6 Å². The number of benzene rings is 1. The lowest BCUT2D eigenvalue weighted by Gasteiger charge is -2.37. The van der Waals surface area contributed by atoms with Gasteiger partial charge in [0.25, 0.3) is 0 Å². The molecule has 1 saturated carbocycles. The number of carbonyl (C=O) groups is 1. The molecule has 1 amide bonds. The SMILES string of the molecule is Cc1ccc([C@]2(C(=O)NCC3(O)CCN(C)CC3)CC2(C)C)cc1. The Morgan fingerprint density at radius 2 is 1.75 bits per heavy atom. The summed E-state index contributed by atoms with van der Waals surface area (Å²) in [5.41, 5.74) is 1.03. The summed E-state index contributed by atoms with van der Waals surface area (Å²) in [6, 6.07) is 8.30. The van der Waals surface area contributed by atoms with Gasteiger partial charge in [-0.3, -0.25) is 4.79 Å². The van der Waals surface area contributed by atoms with Crippen LogP contribution >= 0.6 is 0 Å². The molecule has 1 aliphatic carbocycles. The molecule has 0 spiro atoms. The first kappa shape index (κ1) is 17.4. The van der Waals surface area contributed by atoms with Crippen molar-refractivity contribution in [2.75, 3.05) is 26.7 Å². The van der Waals surface area contributed by atoms with Gasteiger partial charge in [0.05, 0.1) is 11.0 Å². The van der Waals surface area contributed by atoms with Crippen LogP contribution in [0, 0.1) is 12.3 Å². The average Bonchev–Trinajstić information content (AvgIpc) is 3.13. The molecule has 2 aliphatic rings. The van der Waals surface area contributed by atoms with E-state index in [0.29, 0.717) is 19.4 Å². The second-order valence-electron chi connectivity index (χ2n) is 8.54. The number of rotatable bonds is 4. The molecule has 1 atom stereocenters. The molecule has 4 heteroatoms. The van der Waals surface area contributed by atoms with Crippen LogP contribution in [0.2, 0.25) is 0 Å². The predicted molar refractivity (Wildman–Crippen MR) is 95.9 cm³/mol. The molecule has 3 rings (SSSR count). The molecule has 4 nitrogen and oxygen atoms in total. The van der Waals surface area contributed by atoms with Gasteiger partial charge in [0, 0.05) is 19.6 Å². The molecule has 0 unspecified atom stereocenters. The second-order valence-corrected chi connectivity index (χ2v) is 8.54. The fourth-order valence-corrected chi connectivity index (χ4v) is 4.08. The van der Waals surface area contributed by atoms with Gasteiger partial charge in [-0.1, -0.05) is 43.7 Å². The normalized spacial score (nSPS) is 28.4. The zero-order valence-corrected chi connectivity index (χ0v) is 15.4. The minimum Gasteiger partial charge on any atom is -0.388 e. The Labute approximate surface area is 145 Å². The number of nitrogens with one attached hydrogen (secondary N) is 1. The Balaban J connectivity index is 1.71. The summed E-state index contributed by atoms with van der Waals surface area (Å²) in [4.78, 5) is 15.3. The number of carbonyl (C=O) groups excluding carboxylic acids is 1. The van der Waals surface area contributed by atoms with E-state index in [1.54, 1.807) is 0 Å². The van der Waals surface area contributed by atoms with Crippen LogP contribution in [0.25, 0.3) is 0 Å². The van der Waals surface area contributed by atoms with Crippen molar-refractivity contribution in [1.29, 1.82) is 0 Å². The lowest BCUT2D eigenvalue weighted by atomic mass is 9.85. The molecule has 1 aromatic carbocycles. The summed E-state index contributed by atoms with van der Waals surface area (Å²) in [5, 5.41) is 13.8. The van der Waals surface area contributed by atoms with E-state index in [4.69, 9.17) is 0 Å². The van der Waals surface area contributed by atoms with E-state index in [-0.39, 0.29) is 11.3 Å². The molecule has 0 aromatic heterocycles. The zero-order valence-electron chi connectivity index (χ0n) is 15.4. The monoisotopic (exact) mass is 330 g/mol. The van der Waals surface area contributed by atoms with Crippen LogP contribution in [-0.4, -0.2) is 48.2 Å². The molecule has 1 heterocycles. The number of piperidine rings is 1.